The molecule has 0 saturated carbocycles. The van der Waals surface area contributed by atoms with Crippen molar-refractivity contribution in [1.29, 1.82) is 0 Å². The van der Waals surface area contributed by atoms with Gasteiger partial charge >= 0.3 is 0 Å². The number of benzene rings is 1. The molecule has 128 valence electrons. The number of hydrogen-bond donors (Lipinski definition) is 0. The van der Waals surface area contributed by atoms with Crippen LogP contribution in [0.3, 0.4) is 0 Å². The second-order valence-electron chi connectivity index (χ2n) is 5.95. The molecule has 1 aromatic carbocycles. The third kappa shape index (κ3) is 3.13. The van der Waals surface area contributed by atoms with E-state index in [2.05, 4.69) is 10.1 Å². The van der Waals surface area contributed by atoms with Crippen molar-refractivity contribution in [1.82, 2.24) is 15.0 Å². The molecule has 0 radical (unpaired) electrons. The standard InChI is InChI=1S/C18H17N3O4/c1-23-14-6-4-12(5-7-14)9-16(22)21-10-13(11-21)18-19-17(20-25-18)15-3-2-8-24-15/h2-8,13H,9-11H2,1H3. The van der Waals surface area contributed by atoms with Crippen LogP contribution in [0.5, 0.6) is 5.75 Å². The zero-order chi connectivity index (χ0) is 17.2. The molecule has 2 aromatic heterocycles. The fraction of sp³-hybridized carbons (Fsp3) is 0.278. The molecule has 1 fully saturated rings. The quantitative estimate of drug-likeness (QED) is 0.710. The summed E-state index contributed by atoms with van der Waals surface area (Å²) in [4.78, 5) is 18.5. The van der Waals surface area contributed by atoms with E-state index >= 15 is 0 Å². The predicted octanol–water partition coefficient (Wildman–Crippen LogP) is 2.51. The van der Waals surface area contributed by atoms with Gasteiger partial charge in [0.15, 0.2) is 5.76 Å². The molecule has 3 aromatic rings. The lowest BCUT2D eigenvalue weighted by molar-refractivity contribution is -0.135. The van der Waals surface area contributed by atoms with Crippen LogP contribution in [0.4, 0.5) is 0 Å². The summed E-state index contributed by atoms with van der Waals surface area (Å²) in [7, 11) is 1.62. The number of hydrogen-bond acceptors (Lipinski definition) is 6. The number of likely N-dealkylation sites (tertiary alicyclic amines) is 1. The third-order valence-electron chi connectivity index (χ3n) is 4.28. The van der Waals surface area contributed by atoms with Gasteiger partial charge in [-0.25, -0.2) is 0 Å². The van der Waals surface area contributed by atoms with Crippen molar-refractivity contribution in [2.75, 3.05) is 20.2 Å². The lowest BCUT2D eigenvalue weighted by Crippen LogP contribution is -2.49. The van der Waals surface area contributed by atoms with Crippen LogP contribution >= 0.6 is 0 Å². The Kier molecular flexibility index (Phi) is 3.97. The number of carbonyl (C=O) groups is 1. The number of nitrogens with zero attached hydrogens (tertiary/aromatic N) is 3. The topological polar surface area (TPSA) is 81.6 Å². The van der Waals surface area contributed by atoms with Crippen molar-refractivity contribution >= 4 is 5.91 Å². The van der Waals surface area contributed by atoms with Gasteiger partial charge in [0, 0.05) is 13.1 Å². The zero-order valence-corrected chi connectivity index (χ0v) is 13.7. The molecule has 0 atom stereocenters. The van der Waals surface area contributed by atoms with Gasteiger partial charge in [0.2, 0.25) is 17.6 Å². The van der Waals surface area contributed by atoms with Crippen molar-refractivity contribution in [3.8, 4) is 17.3 Å². The molecule has 0 bridgehead atoms. The van der Waals surface area contributed by atoms with Crippen LogP contribution < -0.4 is 4.74 Å². The molecule has 25 heavy (non-hydrogen) atoms. The van der Waals surface area contributed by atoms with Gasteiger partial charge in [0.25, 0.3) is 0 Å². The fourth-order valence-electron chi connectivity index (χ4n) is 2.78. The van der Waals surface area contributed by atoms with Crippen LogP contribution in [0.2, 0.25) is 0 Å². The fourth-order valence-corrected chi connectivity index (χ4v) is 2.78. The minimum absolute atomic E-state index is 0.0797. The first-order valence-electron chi connectivity index (χ1n) is 8.01. The van der Waals surface area contributed by atoms with Gasteiger partial charge in [-0.05, 0) is 29.8 Å². The highest BCUT2D eigenvalue weighted by Crippen LogP contribution is 2.28. The van der Waals surface area contributed by atoms with Gasteiger partial charge in [-0.1, -0.05) is 17.3 Å². The van der Waals surface area contributed by atoms with Crippen molar-refractivity contribution in [3.63, 3.8) is 0 Å². The Bertz CT molecular complexity index is 849. The third-order valence-corrected chi connectivity index (χ3v) is 4.28. The van der Waals surface area contributed by atoms with Gasteiger partial charge in [-0.15, -0.1) is 0 Å². The Morgan fingerprint density at radius 3 is 2.76 bits per heavy atom. The van der Waals surface area contributed by atoms with Gasteiger partial charge in [0.05, 0.1) is 25.7 Å². The Balaban J connectivity index is 1.33. The van der Waals surface area contributed by atoms with Crippen LogP contribution in [0.1, 0.15) is 17.4 Å². The predicted molar refractivity (Wildman–Crippen MR) is 88.0 cm³/mol. The Morgan fingerprint density at radius 1 is 1.28 bits per heavy atom. The van der Waals surface area contributed by atoms with Gasteiger partial charge in [-0.3, -0.25) is 4.79 Å². The molecular weight excluding hydrogens is 322 g/mol. The summed E-state index contributed by atoms with van der Waals surface area (Å²) in [5, 5.41) is 3.92. The van der Waals surface area contributed by atoms with E-state index in [1.807, 2.05) is 24.3 Å². The summed E-state index contributed by atoms with van der Waals surface area (Å²) in [5.41, 5.74) is 0.965. The summed E-state index contributed by atoms with van der Waals surface area (Å²) in [6, 6.07) is 11.1. The normalized spacial score (nSPS) is 14.4. The molecule has 0 N–H and O–H groups in total. The molecule has 1 aliphatic heterocycles. The van der Waals surface area contributed by atoms with Crippen molar-refractivity contribution in [2.45, 2.75) is 12.3 Å². The van der Waals surface area contributed by atoms with Crippen LogP contribution in [0.25, 0.3) is 11.6 Å². The zero-order valence-electron chi connectivity index (χ0n) is 13.7. The molecule has 0 unspecified atom stereocenters. The molecule has 3 heterocycles. The summed E-state index contributed by atoms with van der Waals surface area (Å²) < 4.78 is 15.7. The first-order chi connectivity index (χ1) is 12.2. The first kappa shape index (κ1) is 15.4. The average molecular weight is 339 g/mol. The summed E-state index contributed by atoms with van der Waals surface area (Å²) in [6.07, 6.45) is 1.94. The van der Waals surface area contributed by atoms with E-state index in [0.29, 0.717) is 37.0 Å². The SMILES string of the molecule is COc1ccc(CC(=O)N2CC(c3nc(-c4ccco4)no3)C2)cc1. The second-order valence-corrected chi connectivity index (χ2v) is 5.95. The Morgan fingerprint density at radius 2 is 2.08 bits per heavy atom. The number of rotatable bonds is 5. The molecule has 0 aliphatic carbocycles. The number of furan rings is 1. The molecule has 4 rings (SSSR count). The number of carbonyl (C=O) groups excluding carboxylic acids is 1. The van der Waals surface area contributed by atoms with Crippen LogP contribution in [-0.2, 0) is 11.2 Å². The molecule has 1 saturated heterocycles. The number of ether oxygens (including phenoxy) is 1. The monoisotopic (exact) mass is 339 g/mol. The number of methoxy groups -OCH3 is 1. The lowest BCUT2D eigenvalue weighted by atomic mass is 9.99. The van der Waals surface area contributed by atoms with E-state index in [1.165, 1.54) is 0 Å². The van der Waals surface area contributed by atoms with Gasteiger partial charge in [-0.2, -0.15) is 4.98 Å². The maximum atomic E-state index is 12.3. The molecule has 7 heteroatoms. The highest BCUT2D eigenvalue weighted by atomic mass is 16.5. The largest absolute Gasteiger partial charge is 0.497 e. The maximum Gasteiger partial charge on any atom is 0.238 e. The van der Waals surface area contributed by atoms with E-state index in [4.69, 9.17) is 13.7 Å². The van der Waals surface area contributed by atoms with E-state index in [0.717, 1.165) is 11.3 Å². The summed E-state index contributed by atoms with van der Waals surface area (Å²) >= 11 is 0. The summed E-state index contributed by atoms with van der Waals surface area (Å²) in [5.74, 6) is 2.50. The van der Waals surface area contributed by atoms with Gasteiger partial charge in [0.1, 0.15) is 5.75 Å². The van der Waals surface area contributed by atoms with Crippen LogP contribution in [0.15, 0.2) is 51.6 Å². The minimum atomic E-state index is 0.0797. The molecule has 1 aliphatic rings. The number of aromatic nitrogens is 2. The van der Waals surface area contributed by atoms with E-state index < -0.39 is 0 Å². The summed E-state index contributed by atoms with van der Waals surface area (Å²) in [6.45, 7) is 1.18. The Labute approximate surface area is 144 Å². The van der Waals surface area contributed by atoms with Crippen molar-refractivity contribution < 1.29 is 18.5 Å². The van der Waals surface area contributed by atoms with E-state index in [1.54, 1.807) is 30.4 Å². The van der Waals surface area contributed by atoms with Crippen molar-refractivity contribution in [3.05, 3.63) is 54.1 Å². The van der Waals surface area contributed by atoms with Crippen molar-refractivity contribution in [2.24, 2.45) is 0 Å². The molecule has 1 amide bonds. The highest BCUT2D eigenvalue weighted by molar-refractivity contribution is 5.79. The van der Waals surface area contributed by atoms with Crippen LogP contribution in [0, 0.1) is 0 Å². The lowest BCUT2D eigenvalue weighted by Gasteiger charge is -2.37. The van der Waals surface area contributed by atoms with Gasteiger partial charge < -0.3 is 18.6 Å². The second kappa shape index (κ2) is 6.43. The first-order valence-corrected chi connectivity index (χ1v) is 8.01. The van der Waals surface area contributed by atoms with Crippen LogP contribution in [-0.4, -0.2) is 41.1 Å². The highest BCUT2D eigenvalue weighted by Gasteiger charge is 2.35. The maximum absolute atomic E-state index is 12.3. The minimum Gasteiger partial charge on any atom is -0.497 e. The molecule has 0 spiro atoms. The average Bonchev–Trinajstić information content (AvgIpc) is 3.25. The molecule has 7 nitrogen and oxygen atoms in total. The smallest absolute Gasteiger partial charge is 0.238 e. The Hall–Kier alpha value is -3.09. The number of amides is 1. The van der Waals surface area contributed by atoms with E-state index in [-0.39, 0.29) is 11.8 Å². The van der Waals surface area contributed by atoms with E-state index in [9.17, 15) is 4.79 Å². The molecular formula is C18H17N3O4.